The van der Waals surface area contributed by atoms with Crippen molar-refractivity contribution in [2.75, 3.05) is 17.1 Å². The van der Waals surface area contributed by atoms with Crippen LogP contribution in [0.5, 0.6) is 0 Å². The number of hydrogen-bond acceptors (Lipinski definition) is 3. The highest BCUT2D eigenvalue weighted by Gasteiger charge is 2.23. The molecule has 0 aliphatic rings. The maximum absolute atomic E-state index is 12.7. The van der Waals surface area contributed by atoms with Crippen molar-refractivity contribution >= 4 is 37.5 Å². The summed E-state index contributed by atoms with van der Waals surface area (Å²) >= 11 is 3.34. The van der Waals surface area contributed by atoms with Crippen molar-refractivity contribution in [1.82, 2.24) is 5.32 Å². The topological polar surface area (TPSA) is 66.5 Å². The van der Waals surface area contributed by atoms with Gasteiger partial charge in [-0.05, 0) is 36.1 Å². The average molecular weight is 453 g/mol. The van der Waals surface area contributed by atoms with Gasteiger partial charge in [0.1, 0.15) is 6.54 Å². The predicted molar refractivity (Wildman–Crippen MR) is 113 cm³/mol. The number of anilines is 1. The Labute approximate surface area is 170 Å². The van der Waals surface area contributed by atoms with E-state index in [0.717, 1.165) is 27.0 Å². The van der Waals surface area contributed by atoms with Crippen LogP contribution in [-0.2, 0) is 14.8 Å². The van der Waals surface area contributed by atoms with Crippen molar-refractivity contribution in [2.45, 2.75) is 26.3 Å². The zero-order valence-corrected chi connectivity index (χ0v) is 18.1. The molecule has 27 heavy (non-hydrogen) atoms. The minimum Gasteiger partial charge on any atom is -0.348 e. The Balaban J connectivity index is 2.21. The van der Waals surface area contributed by atoms with E-state index in [1.165, 1.54) is 0 Å². The van der Waals surface area contributed by atoms with Crippen molar-refractivity contribution in [3.05, 3.63) is 64.6 Å². The predicted octanol–water partition coefficient (Wildman–Crippen LogP) is 4.12. The van der Waals surface area contributed by atoms with Gasteiger partial charge in [0.25, 0.3) is 0 Å². The lowest BCUT2D eigenvalue weighted by Gasteiger charge is -2.25. The summed E-state index contributed by atoms with van der Waals surface area (Å²) in [6, 6.07) is 16.4. The molecule has 1 amide bonds. The summed E-state index contributed by atoms with van der Waals surface area (Å²) < 4.78 is 26.3. The average Bonchev–Trinajstić information content (AvgIpc) is 2.58. The molecule has 0 unspecified atom stereocenters. The first-order valence-corrected chi connectivity index (χ1v) is 11.4. The van der Waals surface area contributed by atoms with E-state index >= 15 is 0 Å². The number of benzene rings is 2. The summed E-state index contributed by atoms with van der Waals surface area (Å²) in [5.41, 5.74) is 1.45. The summed E-state index contributed by atoms with van der Waals surface area (Å²) in [5, 5.41) is 2.99. The third-order valence-electron chi connectivity index (χ3n) is 4.03. The molecule has 0 saturated heterocycles. The molecular formula is C20H25BrN2O3S. The lowest BCUT2D eigenvalue weighted by atomic mass is 9.97. The van der Waals surface area contributed by atoms with Gasteiger partial charge in [0.2, 0.25) is 15.9 Å². The first-order chi connectivity index (χ1) is 12.7. The number of rotatable bonds is 8. The van der Waals surface area contributed by atoms with Crippen LogP contribution in [0.25, 0.3) is 0 Å². The van der Waals surface area contributed by atoms with Gasteiger partial charge in [-0.25, -0.2) is 8.42 Å². The second-order valence-corrected chi connectivity index (χ2v) is 9.73. The molecule has 2 rings (SSSR count). The summed E-state index contributed by atoms with van der Waals surface area (Å²) in [6.07, 6.45) is 1.87. The summed E-state index contributed by atoms with van der Waals surface area (Å²) in [7, 11) is -3.60. The minimum absolute atomic E-state index is 0.164. The van der Waals surface area contributed by atoms with Gasteiger partial charge in [-0.15, -0.1) is 0 Å². The fourth-order valence-electron chi connectivity index (χ4n) is 2.84. The second-order valence-electron chi connectivity index (χ2n) is 6.91. The summed E-state index contributed by atoms with van der Waals surface area (Å²) in [4.78, 5) is 12.7. The van der Waals surface area contributed by atoms with Crippen LogP contribution in [0.1, 0.15) is 31.9 Å². The number of nitrogens with one attached hydrogen (secondary N) is 1. The molecule has 0 aliphatic carbocycles. The zero-order valence-electron chi connectivity index (χ0n) is 15.7. The highest BCUT2D eigenvalue weighted by Crippen LogP contribution is 2.23. The first-order valence-electron chi connectivity index (χ1n) is 8.74. The van der Waals surface area contributed by atoms with Crippen molar-refractivity contribution in [3.63, 3.8) is 0 Å². The zero-order chi connectivity index (χ0) is 20.0. The molecule has 0 saturated carbocycles. The van der Waals surface area contributed by atoms with Crippen molar-refractivity contribution in [1.29, 1.82) is 0 Å². The maximum atomic E-state index is 12.7. The molecule has 0 bridgehead atoms. The molecule has 0 aromatic heterocycles. The van der Waals surface area contributed by atoms with Gasteiger partial charge in [-0.1, -0.05) is 66.2 Å². The quantitative estimate of drug-likeness (QED) is 0.654. The van der Waals surface area contributed by atoms with E-state index in [1.54, 1.807) is 24.3 Å². The lowest BCUT2D eigenvalue weighted by molar-refractivity contribution is -0.120. The molecule has 0 spiro atoms. The van der Waals surface area contributed by atoms with E-state index in [9.17, 15) is 13.2 Å². The van der Waals surface area contributed by atoms with E-state index in [2.05, 4.69) is 35.1 Å². The van der Waals surface area contributed by atoms with Gasteiger partial charge in [0, 0.05) is 4.47 Å². The third-order valence-corrected chi connectivity index (χ3v) is 5.66. The van der Waals surface area contributed by atoms with Gasteiger partial charge in [0.15, 0.2) is 0 Å². The minimum atomic E-state index is -3.60. The Hall–Kier alpha value is -1.86. The van der Waals surface area contributed by atoms with Gasteiger partial charge in [0.05, 0.1) is 18.0 Å². The third kappa shape index (κ3) is 6.66. The Kier molecular flexibility index (Phi) is 7.44. The van der Waals surface area contributed by atoms with Crippen LogP contribution in [0.2, 0.25) is 0 Å². The lowest BCUT2D eigenvalue weighted by Crippen LogP contribution is -2.41. The van der Waals surface area contributed by atoms with Crippen LogP contribution in [-0.4, -0.2) is 27.1 Å². The monoisotopic (exact) mass is 452 g/mol. The molecule has 0 radical (unpaired) electrons. The number of amides is 1. The van der Waals surface area contributed by atoms with Crippen molar-refractivity contribution in [3.8, 4) is 0 Å². The molecule has 2 aromatic rings. The van der Waals surface area contributed by atoms with Crippen LogP contribution in [0.3, 0.4) is 0 Å². The van der Waals surface area contributed by atoms with E-state index < -0.39 is 10.0 Å². The van der Waals surface area contributed by atoms with Crippen LogP contribution in [0.15, 0.2) is 59.1 Å². The number of hydrogen-bond donors (Lipinski definition) is 1. The van der Waals surface area contributed by atoms with E-state index in [1.807, 2.05) is 30.3 Å². The van der Waals surface area contributed by atoms with Gasteiger partial charge < -0.3 is 5.32 Å². The smallest absolute Gasteiger partial charge is 0.241 e. The number of carbonyl (C=O) groups is 1. The molecule has 7 heteroatoms. The van der Waals surface area contributed by atoms with Crippen molar-refractivity contribution in [2.24, 2.45) is 5.92 Å². The van der Waals surface area contributed by atoms with Crippen LogP contribution in [0.4, 0.5) is 5.69 Å². The van der Waals surface area contributed by atoms with Crippen LogP contribution < -0.4 is 9.62 Å². The molecule has 146 valence electrons. The van der Waals surface area contributed by atoms with Gasteiger partial charge in [-0.3, -0.25) is 9.10 Å². The summed E-state index contributed by atoms with van der Waals surface area (Å²) in [6.45, 7) is 3.91. The molecular weight excluding hydrogens is 428 g/mol. The maximum Gasteiger partial charge on any atom is 0.241 e. The SMILES string of the molecule is CC(C)C[C@@H](NC(=O)CN(c1cccc(Br)c1)S(C)(=O)=O)c1ccccc1. The fourth-order valence-corrected chi connectivity index (χ4v) is 4.07. The number of carbonyl (C=O) groups excluding carboxylic acids is 1. The molecule has 0 aliphatic heterocycles. The Bertz CT molecular complexity index is 870. The molecule has 1 atom stereocenters. The number of sulfonamides is 1. The van der Waals surface area contributed by atoms with E-state index in [-0.39, 0.29) is 18.5 Å². The van der Waals surface area contributed by atoms with Crippen LogP contribution in [0, 0.1) is 5.92 Å². The standard InChI is InChI=1S/C20H25BrN2O3S/c1-15(2)12-19(16-8-5-4-6-9-16)22-20(24)14-23(27(3,25)26)18-11-7-10-17(21)13-18/h4-11,13,15,19H,12,14H2,1-3H3,(H,22,24)/t19-/m1/s1. The molecule has 0 heterocycles. The van der Waals surface area contributed by atoms with E-state index in [0.29, 0.717) is 11.6 Å². The fraction of sp³-hybridized carbons (Fsp3) is 0.350. The molecule has 1 N–H and O–H groups in total. The van der Waals surface area contributed by atoms with Crippen molar-refractivity contribution < 1.29 is 13.2 Å². The normalized spacial score (nSPS) is 12.6. The van der Waals surface area contributed by atoms with Gasteiger partial charge in [-0.2, -0.15) is 0 Å². The second kappa shape index (κ2) is 9.37. The molecule has 2 aromatic carbocycles. The Morgan fingerprint density at radius 1 is 1.11 bits per heavy atom. The first kappa shape index (κ1) is 21.4. The van der Waals surface area contributed by atoms with Crippen LogP contribution >= 0.6 is 15.9 Å². The highest BCUT2D eigenvalue weighted by atomic mass is 79.9. The van der Waals surface area contributed by atoms with Gasteiger partial charge >= 0.3 is 0 Å². The van der Waals surface area contributed by atoms with E-state index in [4.69, 9.17) is 0 Å². The summed E-state index contributed by atoms with van der Waals surface area (Å²) in [5.74, 6) is 0.0431. The number of nitrogens with zero attached hydrogens (tertiary/aromatic N) is 1. The molecule has 5 nitrogen and oxygen atoms in total. The largest absolute Gasteiger partial charge is 0.348 e. The Morgan fingerprint density at radius 2 is 1.78 bits per heavy atom. The Morgan fingerprint density at radius 3 is 2.33 bits per heavy atom. The number of halogens is 1. The highest BCUT2D eigenvalue weighted by molar-refractivity contribution is 9.10. The molecule has 0 fully saturated rings.